The second-order valence-corrected chi connectivity index (χ2v) is 9.61. The van der Waals surface area contributed by atoms with Gasteiger partial charge in [0.2, 0.25) is 10.7 Å². The SMILES string of the molecule is COc1cccc(-c2nn(CN3CCN(CC(=O)NCC(C)C)CC3)c(=S)n2-c2ccccc2)c1. The second kappa shape index (κ2) is 11.6. The number of hydrogen-bond donors (Lipinski definition) is 1. The lowest BCUT2D eigenvalue weighted by atomic mass is 10.2. The number of carbonyl (C=O) groups excluding carboxylic acids is 1. The van der Waals surface area contributed by atoms with Crippen molar-refractivity contribution in [3.63, 3.8) is 0 Å². The van der Waals surface area contributed by atoms with Crippen LogP contribution in [0.1, 0.15) is 13.8 Å². The summed E-state index contributed by atoms with van der Waals surface area (Å²) < 4.78 is 9.98. The van der Waals surface area contributed by atoms with Crippen LogP contribution < -0.4 is 10.1 Å². The minimum atomic E-state index is 0.0962. The van der Waals surface area contributed by atoms with E-state index in [2.05, 4.69) is 29.0 Å². The van der Waals surface area contributed by atoms with Crippen LogP contribution in [-0.2, 0) is 11.5 Å². The Morgan fingerprint density at radius 3 is 2.46 bits per heavy atom. The fourth-order valence-corrected chi connectivity index (χ4v) is 4.40. The lowest BCUT2D eigenvalue weighted by Gasteiger charge is -2.34. The molecule has 186 valence electrons. The highest BCUT2D eigenvalue weighted by atomic mass is 32.1. The Labute approximate surface area is 212 Å². The molecule has 2 aromatic carbocycles. The summed E-state index contributed by atoms with van der Waals surface area (Å²) in [6.45, 7) is 9.35. The highest BCUT2D eigenvalue weighted by Gasteiger charge is 2.21. The van der Waals surface area contributed by atoms with Crippen LogP contribution in [0.15, 0.2) is 54.6 Å². The predicted molar refractivity (Wildman–Crippen MR) is 140 cm³/mol. The molecule has 0 saturated carbocycles. The average Bonchev–Trinajstić information content (AvgIpc) is 3.20. The van der Waals surface area contributed by atoms with Gasteiger partial charge in [0.15, 0.2) is 5.82 Å². The van der Waals surface area contributed by atoms with E-state index in [0.29, 0.717) is 23.9 Å². The van der Waals surface area contributed by atoms with E-state index in [4.69, 9.17) is 22.1 Å². The number of methoxy groups -OCH3 is 1. The molecule has 1 N–H and O–H groups in total. The van der Waals surface area contributed by atoms with Gasteiger partial charge in [0.05, 0.1) is 20.3 Å². The number of piperazine rings is 1. The van der Waals surface area contributed by atoms with E-state index in [1.807, 2.05) is 63.8 Å². The van der Waals surface area contributed by atoms with Crippen molar-refractivity contribution in [2.24, 2.45) is 5.92 Å². The molecule has 1 fully saturated rings. The largest absolute Gasteiger partial charge is 0.497 e. The van der Waals surface area contributed by atoms with Gasteiger partial charge in [-0.25, -0.2) is 4.68 Å². The van der Waals surface area contributed by atoms with Crippen LogP contribution in [0.5, 0.6) is 5.75 Å². The number of ether oxygens (including phenoxy) is 1. The van der Waals surface area contributed by atoms with E-state index < -0.39 is 0 Å². The summed E-state index contributed by atoms with van der Waals surface area (Å²) in [6.07, 6.45) is 0. The van der Waals surface area contributed by atoms with Gasteiger partial charge in [0, 0.05) is 44.0 Å². The second-order valence-electron chi connectivity index (χ2n) is 9.24. The van der Waals surface area contributed by atoms with Crippen molar-refractivity contribution >= 4 is 18.1 Å². The number of amides is 1. The van der Waals surface area contributed by atoms with Gasteiger partial charge in [-0.2, -0.15) is 0 Å². The first-order chi connectivity index (χ1) is 16.9. The van der Waals surface area contributed by atoms with E-state index in [1.54, 1.807) is 7.11 Å². The monoisotopic (exact) mass is 494 g/mol. The maximum absolute atomic E-state index is 12.2. The standard InChI is InChI=1S/C26H34N6O2S/c1-20(2)17-27-24(33)18-29-12-14-30(15-13-29)19-31-26(35)32(22-9-5-4-6-10-22)25(28-31)21-8-7-11-23(16-21)34-3/h4-11,16,20H,12-15,17-19H2,1-3H3,(H,27,33). The van der Waals surface area contributed by atoms with E-state index in [0.717, 1.165) is 55.5 Å². The van der Waals surface area contributed by atoms with Gasteiger partial charge in [-0.1, -0.05) is 44.2 Å². The molecule has 1 aliphatic rings. The number of hydrogen-bond acceptors (Lipinski definition) is 6. The van der Waals surface area contributed by atoms with E-state index >= 15 is 0 Å². The van der Waals surface area contributed by atoms with E-state index in [-0.39, 0.29) is 5.91 Å². The Morgan fingerprint density at radius 2 is 1.77 bits per heavy atom. The quantitative estimate of drug-likeness (QED) is 0.460. The van der Waals surface area contributed by atoms with Gasteiger partial charge < -0.3 is 10.1 Å². The Hall–Kier alpha value is -3.01. The molecule has 1 aliphatic heterocycles. The normalized spacial score (nSPS) is 14.9. The maximum atomic E-state index is 12.2. The minimum Gasteiger partial charge on any atom is -0.497 e. The highest BCUT2D eigenvalue weighted by molar-refractivity contribution is 7.71. The molecule has 0 bridgehead atoms. The zero-order valence-corrected chi connectivity index (χ0v) is 21.5. The van der Waals surface area contributed by atoms with Crippen molar-refractivity contribution in [1.82, 2.24) is 29.5 Å². The molecule has 0 unspecified atom stereocenters. The Morgan fingerprint density at radius 1 is 1.06 bits per heavy atom. The lowest BCUT2D eigenvalue weighted by molar-refractivity contribution is -0.122. The number of benzene rings is 2. The fraction of sp³-hybridized carbons (Fsp3) is 0.423. The van der Waals surface area contributed by atoms with Crippen molar-refractivity contribution in [1.29, 1.82) is 0 Å². The van der Waals surface area contributed by atoms with E-state index in [9.17, 15) is 4.79 Å². The number of nitrogens with zero attached hydrogens (tertiary/aromatic N) is 5. The zero-order chi connectivity index (χ0) is 24.8. The molecule has 3 aromatic rings. The number of nitrogens with one attached hydrogen (secondary N) is 1. The summed E-state index contributed by atoms with van der Waals surface area (Å²) >= 11 is 5.90. The molecule has 1 aromatic heterocycles. The molecular weight excluding hydrogens is 460 g/mol. The van der Waals surface area contributed by atoms with Crippen molar-refractivity contribution in [3.8, 4) is 22.8 Å². The topological polar surface area (TPSA) is 67.6 Å². The number of carbonyl (C=O) groups is 1. The third-order valence-corrected chi connectivity index (χ3v) is 6.45. The number of para-hydroxylation sites is 1. The molecular formula is C26H34N6O2S. The summed E-state index contributed by atoms with van der Waals surface area (Å²) in [5.74, 6) is 2.11. The summed E-state index contributed by atoms with van der Waals surface area (Å²) in [6, 6.07) is 17.9. The smallest absolute Gasteiger partial charge is 0.234 e. The third kappa shape index (κ3) is 6.36. The zero-order valence-electron chi connectivity index (χ0n) is 20.7. The maximum Gasteiger partial charge on any atom is 0.234 e. The Kier molecular flexibility index (Phi) is 8.33. The first kappa shape index (κ1) is 25.1. The molecule has 1 saturated heterocycles. The summed E-state index contributed by atoms with van der Waals surface area (Å²) in [5.41, 5.74) is 1.91. The number of aromatic nitrogens is 3. The fourth-order valence-electron chi connectivity index (χ4n) is 4.11. The highest BCUT2D eigenvalue weighted by Crippen LogP contribution is 2.26. The van der Waals surface area contributed by atoms with Crippen LogP contribution in [0, 0.1) is 10.7 Å². The van der Waals surface area contributed by atoms with Crippen LogP contribution >= 0.6 is 12.2 Å². The lowest BCUT2D eigenvalue weighted by Crippen LogP contribution is -2.50. The molecule has 4 rings (SSSR count). The molecule has 35 heavy (non-hydrogen) atoms. The predicted octanol–water partition coefficient (Wildman–Crippen LogP) is 3.43. The molecule has 0 spiro atoms. The molecule has 8 nitrogen and oxygen atoms in total. The van der Waals surface area contributed by atoms with Crippen LogP contribution in [0.2, 0.25) is 0 Å². The number of rotatable bonds is 9. The van der Waals surface area contributed by atoms with E-state index in [1.165, 1.54) is 0 Å². The molecule has 0 aliphatic carbocycles. The summed E-state index contributed by atoms with van der Waals surface area (Å²) in [5, 5.41) is 7.94. The molecule has 0 radical (unpaired) electrons. The van der Waals surface area contributed by atoms with Crippen molar-refractivity contribution in [2.45, 2.75) is 20.5 Å². The van der Waals surface area contributed by atoms with Gasteiger partial charge in [-0.05, 0) is 42.4 Å². The van der Waals surface area contributed by atoms with Gasteiger partial charge >= 0.3 is 0 Å². The van der Waals surface area contributed by atoms with Crippen LogP contribution in [0.3, 0.4) is 0 Å². The van der Waals surface area contributed by atoms with Gasteiger partial charge in [-0.15, -0.1) is 5.10 Å². The van der Waals surface area contributed by atoms with Crippen molar-refractivity contribution in [2.75, 3.05) is 46.4 Å². The summed E-state index contributed by atoms with van der Waals surface area (Å²) in [7, 11) is 1.66. The molecule has 1 amide bonds. The van der Waals surface area contributed by atoms with Crippen molar-refractivity contribution < 1.29 is 9.53 Å². The van der Waals surface area contributed by atoms with Crippen LogP contribution in [0.4, 0.5) is 0 Å². The minimum absolute atomic E-state index is 0.0962. The Balaban J connectivity index is 1.50. The van der Waals surface area contributed by atoms with Gasteiger partial charge in [-0.3, -0.25) is 19.2 Å². The summed E-state index contributed by atoms with van der Waals surface area (Å²) in [4.78, 5) is 16.7. The average molecular weight is 495 g/mol. The molecule has 2 heterocycles. The molecule has 0 atom stereocenters. The Bertz CT molecular complexity index is 1180. The molecule has 9 heteroatoms. The van der Waals surface area contributed by atoms with Gasteiger partial charge in [0.1, 0.15) is 5.75 Å². The van der Waals surface area contributed by atoms with Gasteiger partial charge in [0.25, 0.3) is 0 Å². The van der Waals surface area contributed by atoms with Crippen molar-refractivity contribution in [3.05, 3.63) is 59.4 Å². The van der Waals surface area contributed by atoms with Crippen LogP contribution in [0.25, 0.3) is 17.1 Å². The van der Waals surface area contributed by atoms with Crippen LogP contribution in [-0.4, -0.2) is 76.4 Å². The first-order valence-corrected chi connectivity index (χ1v) is 12.5. The third-order valence-electron chi connectivity index (χ3n) is 6.06. The first-order valence-electron chi connectivity index (χ1n) is 12.1.